The Morgan fingerprint density at radius 3 is 1.65 bits per heavy atom. The third kappa shape index (κ3) is 6.34. The molecule has 0 radical (unpaired) electrons. The molecule has 0 aromatic heterocycles. The highest BCUT2D eigenvalue weighted by Crippen LogP contribution is 2.63. The van der Waals surface area contributed by atoms with Crippen LogP contribution >= 0.6 is 0 Å². The third-order valence-corrected chi connectivity index (χ3v) is 13.7. The highest BCUT2D eigenvalue weighted by molar-refractivity contribution is 6.32. The fourth-order valence-corrected chi connectivity index (χ4v) is 10.6. The van der Waals surface area contributed by atoms with Crippen LogP contribution in [0.2, 0.25) is 0 Å². The van der Waals surface area contributed by atoms with E-state index in [1.165, 1.54) is 104 Å². The number of aryl methyl sites for hydroxylation is 1. The molecule has 0 N–H and O–H groups in total. The van der Waals surface area contributed by atoms with E-state index in [4.69, 9.17) is 4.99 Å². The average Bonchev–Trinajstić information content (AvgIpc) is 4.10. The molecule has 1 heteroatoms. The van der Waals surface area contributed by atoms with Gasteiger partial charge in [-0.1, -0.05) is 218 Å². The summed E-state index contributed by atoms with van der Waals surface area (Å²) in [5, 5.41) is 15.7. The van der Waals surface area contributed by atoms with E-state index in [9.17, 15) is 0 Å². The minimum absolute atomic E-state index is 0.274. The predicted octanol–water partition coefficient (Wildman–Crippen LogP) is 16.5. The van der Waals surface area contributed by atoms with Crippen LogP contribution in [0.4, 0.5) is 0 Å². The number of nitrogens with zero attached hydrogens (tertiary/aromatic N) is 1. The van der Waals surface area contributed by atoms with Gasteiger partial charge in [-0.15, -0.1) is 0 Å². The average molecular weight is 804 g/mol. The van der Waals surface area contributed by atoms with Gasteiger partial charge in [-0.3, -0.25) is 4.99 Å². The first kappa shape index (κ1) is 37.2. The van der Waals surface area contributed by atoms with Crippen molar-refractivity contribution in [3.05, 3.63) is 247 Å². The standard InChI is InChI=1S/C55H37N.C7H8/c1-2-13-37(14-3-1)53-31-30-47(50-33-51-45-18-7-6-16-43(45)44-17-8-10-20-48(44)54(51)49-21-11-9-19-46(49)50)52-34-55(52,56-53)40-27-24-35(25-28-40)38-26-29-42-39(32-38)23-22-36-12-4-5-15-41(36)42;1-7-5-3-2-4-6-7/h1-30,32-33,52H,31,34H2;2-6H,1H3. The largest absolute Gasteiger partial charge is 0.277 e. The van der Waals surface area contributed by atoms with Crippen LogP contribution in [0, 0.1) is 12.8 Å². The first-order valence-electron chi connectivity index (χ1n) is 22.3. The van der Waals surface area contributed by atoms with Crippen LogP contribution in [0.25, 0.3) is 81.3 Å². The lowest BCUT2D eigenvalue weighted by Gasteiger charge is -2.19. The van der Waals surface area contributed by atoms with Gasteiger partial charge in [0.15, 0.2) is 0 Å². The van der Waals surface area contributed by atoms with Crippen molar-refractivity contribution in [3.63, 3.8) is 0 Å². The van der Waals surface area contributed by atoms with E-state index in [2.05, 4.69) is 213 Å². The quantitative estimate of drug-likeness (QED) is 0.157. The molecule has 1 heterocycles. The number of fused-ring (bicyclic) bond motifs is 12. The minimum atomic E-state index is -0.324. The Morgan fingerprint density at radius 1 is 0.413 bits per heavy atom. The molecule has 1 fully saturated rings. The molecule has 0 saturated heterocycles. The van der Waals surface area contributed by atoms with Crippen LogP contribution in [-0.2, 0) is 5.54 Å². The molecular weight excluding hydrogens is 759 g/mol. The van der Waals surface area contributed by atoms with Crippen molar-refractivity contribution >= 4 is 75.9 Å². The summed E-state index contributed by atoms with van der Waals surface area (Å²) in [6, 6.07) is 79.9. The molecule has 63 heavy (non-hydrogen) atoms. The Balaban J connectivity index is 0.000000552. The van der Waals surface area contributed by atoms with Gasteiger partial charge in [0.2, 0.25) is 0 Å². The molecule has 2 aliphatic rings. The van der Waals surface area contributed by atoms with Crippen molar-refractivity contribution in [3.8, 4) is 11.1 Å². The Kier molecular flexibility index (Phi) is 8.90. The van der Waals surface area contributed by atoms with E-state index in [0.717, 1.165) is 18.6 Å². The van der Waals surface area contributed by atoms with Crippen molar-refractivity contribution in [2.75, 3.05) is 0 Å². The number of hydrogen-bond acceptors (Lipinski definition) is 1. The lowest BCUT2D eigenvalue weighted by molar-refractivity contribution is 0.706. The molecule has 1 nitrogen and oxygen atoms in total. The summed E-state index contributed by atoms with van der Waals surface area (Å²) >= 11 is 0. The minimum Gasteiger partial charge on any atom is -0.277 e. The lowest BCUT2D eigenvalue weighted by Crippen LogP contribution is -2.11. The van der Waals surface area contributed by atoms with Gasteiger partial charge in [-0.05, 0) is 124 Å². The van der Waals surface area contributed by atoms with Crippen LogP contribution < -0.4 is 0 Å². The third-order valence-electron chi connectivity index (χ3n) is 13.7. The molecule has 11 aromatic carbocycles. The van der Waals surface area contributed by atoms with E-state index < -0.39 is 0 Å². The number of benzene rings is 11. The fraction of sp³-hybridized carbons (Fsp3) is 0.0806. The summed E-state index contributed by atoms with van der Waals surface area (Å²) in [5.41, 5.74) is 9.88. The van der Waals surface area contributed by atoms with Gasteiger partial charge in [0.25, 0.3) is 0 Å². The molecule has 1 aliphatic heterocycles. The molecule has 2 atom stereocenters. The molecule has 1 aliphatic carbocycles. The van der Waals surface area contributed by atoms with Crippen molar-refractivity contribution in [2.45, 2.75) is 25.3 Å². The summed E-state index contributed by atoms with van der Waals surface area (Å²) in [5.74, 6) is 0.274. The zero-order valence-corrected chi connectivity index (χ0v) is 35.3. The molecule has 0 spiro atoms. The molecule has 2 unspecified atom stereocenters. The van der Waals surface area contributed by atoms with Gasteiger partial charge < -0.3 is 0 Å². The Morgan fingerprint density at radius 2 is 0.952 bits per heavy atom. The molecular formula is C62H45N. The smallest absolute Gasteiger partial charge is 0.0936 e. The lowest BCUT2D eigenvalue weighted by atomic mass is 9.85. The maximum Gasteiger partial charge on any atom is 0.0936 e. The van der Waals surface area contributed by atoms with E-state index in [1.807, 2.05) is 18.2 Å². The molecule has 13 rings (SSSR count). The number of aliphatic imine (C=N–C) groups is 1. The second-order valence-electron chi connectivity index (χ2n) is 17.4. The van der Waals surface area contributed by atoms with E-state index in [-0.39, 0.29) is 11.5 Å². The van der Waals surface area contributed by atoms with Gasteiger partial charge in [-0.2, -0.15) is 0 Å². The summed E-state index contributed by atoms with van der Waals surface area (Å²) < 4.78 is 0. The normalized spacial score (nSPS) is 16.9. The maximum absolute atomic E-state index is 5.77. The summed E-state index contributed by atoms with van der Waals surface area (Å²) in [6.45, 7) is 2.08. The first-order chi connectivity index (χ1) is 31.1. The molecule has 11 aromatic rings. The van der Waals surface area contributed by atoms with Gasteiger partial charge in [-0.25, -0.2) is 0 Å². The van der Waals surface area contributed by atoms with Gasteiger partial charge in [0.05, 0.1) is 5.54 Å². The van der Waals surface area contributed by atoms with Crippen molar-refractivity contribution in [1.82, 2.24) is 0 Å². The van der Waals surface area contributed by atoms with Crippen molar-refractivity contribution < 1.29 is 0 Å². The van der Waals surface area contributed by atoms with Crippen LogP contribution in [-0.4, -0.2) is 5.71 Å². The van der Waals surface area contributed by atoms with Crippen molar-refractivity contribution in [2.24, 2.45) is 10.9 Å². The molecule has 298 valence electrons. The highest BCUT2D eigenvalue weighted by Gasteiger charge is 2.58. The Bertz CT molecular complexity index is 3620. The molecule has 1 saturated carbocycles. The van der Waals surface area contributed by atoms with Crippen LogP contribution in [0.3, 0.4) is 0 Å². The summed E-state index contributed by atoms with van der Waals surface area (Å²) in [7, 11) is 0. The summed E-state index contributed by atoms with van der Waals surface area (Å²) in [4.78, 5) is 5.77. The number of hydrogen-bond donors (Lipinski definition) is 0. The summed E-state index contributed by atoms with van der Waals surface area (Å²) in [6.07, 6.45) is 4.30. The number of rotatable bonds is 4. The SMILES string of the molecule is C1=C(c2cc3c4ccccc4c4ccccc4c3c3ccccc23)C2CC2(c2ccc(-c3ccc4c(ccc5ccccc54)c3)cc2)N=C(c2ccccc2)C1.Cc1ccccc1. The van der Waals surface area contributed by atoms with E-state index in [1.54, 1.807) is 0 Å². The molecule has 0 bridgehead atoms. The van der Waals surface area contributed by atoms with Gasteiger partial charge in [0, 0.05) is 18.1 Å². The second-order valence-corrected chi connectivity index (χ2v) is 17.4. The molecule has 0 amide bonds. The second kappa shape index (κ2) is 15.1. The first-order valence-corrected chi connectivity index (χ1v) is 22.3. The van der Waals surface area contributed by atoms with E-state index in [0.29, 0.717) is 0 Å². The van der Waals surface area contributed by atoms with Gasteiger partial charge in [0.1, 0.15) is 0 Å². The van der Waals surface area contributed by atoms with Crippen molar-refractivity contribution in [1.29, 1.82) is 0 Å². The van der Waals surface area contributed by atoms with Crippen LogP contribution in [0.15, 0.2) is 229 Å². The zero-order valence-electron chi connectivity index (χ0n) is 35.3. The fourth-order valence-electron chi connectivity index (χ4n) is 10.6. The Hall–Kier alpha value is -7.61. The number of allylic oxidation sites excluding steroid dienone is 1. The van der Waals surface area contributed by atoms with Crippen LogP contribution in [0.1, 0.15) is 35.1 Å². The topological polar surface area (TPSA) is 12.4 Å². The van der Waals surface area contributed by atoms with Crippen LogP contribution in [0.5, 0.6) is 0 Å². The van der Waals surface area contributed by atoms with Gasteiger partial charge >= 0.3 is 0 Å². The highest BCUT2D eigenvalue weighted by atomic mass is 15.0. The predicted molar refractivity (Wildman–Crippen MR) is 270 cm³/mol. The Labute approximate surface area is 368 Å². The zero-order chi connectivity index (χ0) is 41.9. The van der Waals surface area contributed by atoms with E-state index >= 15 is 0 Å². The maximum atomic E-state index is 5.77. The monoisotopic (exact) mass is 803 g/mol.